The fraction of sp³-hybridized carbons (Fsp3) is 0.571. The Hall–Kier alpha value is -0.820. The molecule has 1 nitrogen and oxygen atoms in total. The molecular weight excluding hydrogens is 182 g/mol. The summed E-state index contributed by atoms with van der Waals surface area (Å²) in [7, 11) is 0. The molecule has 0 bridgehead atoms. The molecular formula is C14H24N+. The van der Waals surface area contributed by atoms with Crippen LogP contribution in [0.5, 0.6) is 0 Å². The van der Waals surface area contributed by atoms with Gasteiger partial charge in [0.15, 0.2) is 0 Å². The molecule has 0 aliphatic rings. The summed E-state index contributed by atoms with van der Waals surface area (Å²) in [6.45, 7) is 12.9. The van der Waals surface area contributed by atoms with Crippen molar-refractivity contribution in [3.05, 3.63) is 35.9 Å². The number of nitrogens with zero attached hydrogens (tertiary/aromatic N) is 1. The summed E-state index contributed by atoms with van der Waals surface area (Å²) >= 11 is 0. The van der Waals surface area contributed by atoms with Gasteiger partial charge in [0.1, 0.15) is 6.04 Å². The van der Waals surface area contributed by atoms with E-state index < -0.39 is 0 Å². The van der Waals surface area contributed by atoms with Gasteiger partial charge in [-0.25, -0.2) is 0 Å². The van der Waals surface area contributed by atoms with Crippen LogP contribution in [0.25, 0.3) is 0 Å². The second-order valence-corrected chi connectivity index (χ2v) is 4.25. The first-order valence-corrected chi connectivity index (χ1v) is 6.10. The van der Waals surface area contributed by atoms with Crippen molar-refractivity contribution in [2.24, 2.45) is 0 Å². The molecule has 0 fully saturated rings. The molecule has 1 unspecified atom stereocenters. The fourth-order valence-corrected chi connectivity index (χ4v) is 2.54. The molecule has 0 heterocycles. The highest BCUT2D eigenvalue weighted by atomic mass is 15.4. The van der Waals surface area contributed by atoms with Gasteiger partial charge in [-0.2, -0.15) is 0 Å². The van der Waals surface area contributed by atoms with E-state index in [0.717, 1.165) is 0 Å². The lowest BCUT2D eigenvalue weighted by atomic mass is 10.0. The molecule has 0 radical (unpaired) electrons. The zero-order valence-electron chi connectivity index (χ0n) is 10.5. The quantitative estimate of drug-likeness (QED) is 0.645. The lowest BCUT2D eigenvalue weighted by molar-refractivity contribution is -0.950. The van der Waals surface area contributed by atoms with Crippen molar-refractivity contribution in [3.8, 4) is 0 Å². The highest BCUT2D eigenvalue weighted by molar-refractivity contribution is 5.16. The SMILES string of the molecule is CC[N+](CC)(CC)C(C)c1ccccc1. The molecule has 84 valence electrons. The number of benzene rings is 1. The van der Waals surface area contributed by atoms with Crippen LogP contribution in [0.4, 0.5) is 0 Å². The average Bonchev–Trinajstić information content (AvgIpc) is 2.33. The third-order valence-corrected chi connectivity index (χ3v) is 3.99. The minimum atomic E-state index is 0.603. The summed E-state index contributed by atoms with van der Waals surface area (Å²) in [5, 5.41) is 0. The minimum absolute atomic E-state index is 0.603. The third-order valence-electron chi connectivity index (χ3n) is 3.99. The first-order chi connectivity index (χ1) is 7.20. The molecule has 0 saturated carbocycles. The van der Waals surface area contributed by atoms with Gasteiger partial charge in [0.25, 0.3) is 0 Å². The van der Waals surface area contributed by atoms with Crippen LogP contribution in [-0.4, -0.2) is 24.1 Å². The van der Waals surface area contributed by atoms with Crippen LogP contribution in [0.1, 0.15) is 39.3 Å². The second kappa shape index (κ2) is 5.32. The Labute approximate surface area is 94.3 Å². The van der Waals surface area contributed by atoms with Crippen molar-refractivity contribution in [2.45, 2.75) is 33.7 Å². The molecule has 1 aromatic carbocycles. The lowest BCUT2D eigenvalue weighted by Crippen LogP contribution is -2.49. The Morgan fingerprint density at radius 2 is 1.40 bits per heavy atom. The number of quaternary nitrogens is 1. The average molecular weight is 206 g/mol. The van der Waals surface area contributed by atoms with Gasteiger partial charge >= 0.3 is 0 Å². The van der Waals surface area contributed by atoms with E-state index >= 15 is 0 Å². The minimum Gasteiger partial charge on any atom is -0.318 e. The number of rotatable bonds is 5. The molecule has 1 rings (SSSR count). The van der Waals surface area contributed by atoms with Gasteiger partial charge in [-0.1, -0.05) is 30.3 Å². The monoisotopic (exact) mass is 206 g/mol. The van der Waals surface area contributed by atoms with Crippen molar-refractivity contribution in [2.75, 3.05) is 19.6 Å². The Balaban J connectivity index is 2.95. The van der Waals surface area contributed by atoms with Gasteiger partial charge in [-0.15, -0.1) is 0 Å². The van der Waals surface area contributed by atoms with Gasteiger partial charge in [0.2, 0.25) is 0 Å². The van der Waals surface area contributed by atoms with E-state index in [1.54, 1.807) is 0 Å². The second-order valence-electron chi connectivity index (χ2n) is 4.25. The zero-order valence-corrected chi connectivity index (χ0v) is 10.5. The Kier molecular flexibility index (Phi) is 4.34. The zero-order chi connectivity index (χ0) is 11.3. The van der Waals surface area contributed by atoms with Crippen LogP contribution in [0.2, 0.25) is 0 Å². The first kappa shape index (κ1) is 12.3. The third kappa shape index (κ3) is 2.40. The smallest absolute Gasteiger partial charge is 0.112 e. The molecule has 0 amide bonds. The highest BCUT2D eigenvalue weighted by Crippen LogP contribution is 2.27. The van der Waals surface area contributed by atoms with Crippen LogP contribution >= 0.6 is 0 Å². The van der Waals surface area contributed by atoms with Gasteiger partial charge < -0.3 is 4.48 Å². The van der Waals surface area contributed by atoms with Gasteiger partial charge in [0, 0.05) is 5.56 Å². The van der Waals surface area contributed by atoms with Crippen LogP contribution in [-0.2, 0) is 0 Å². The van der Waals surface area contributed by atoms with Crippen LogP contribution < -0.4 is 0 Å². The molecule has 0 saturated heterocycles. The predicted molar refractivity (Wildman–Crippen MR) is 66.7 cm³/mol. The Morgan fingerprint density at radius 1 is 0.933 bits per heavy atom. The van der Waals surface area contributed by atoms with Crippen LogP contribution in [0, 0.1) is 0 Å². The van der Waals surface area contributed by atoms with Gasteiger partial charge in [-0.3, -0.25) is 0 Å². The molecule has 1 atom stereocenters. The van der Waals surface area contributed by atoms with Crippen LogP contribution in [0.3, 0.4) is 0 Å². The van der Waals surface area contributed by atoms with E-state index in [1.165, 1.54) is 29.7 Å². The number of hydrogen-bond acceptors (Lipinski definition) is 0. The van der Waals surface area contributed by atoms with Crippen LogP contribution in [0.15, 0.2) is 30.3 Å². The highest BCUT2D eigenvalue weighted by Gasteiger charge is 2.29. The molecule has 0 aliphatic carbocycles. The van der Waals surface area contributed by atoms with Crippen molar-refractivity contribution in [1.29, 1.82) is 0 Å². The normalized spacial score (nSPS) is 13.9. The van der Waals surface area contributed by atoms with E-state index in [1.807, 2.05) is 0 Å². The van der Waals surface area contributed by atoms with Gasteiger partial charge in [0.05, 0.1) is 19.6 Å². The summed E-state index contributed by atoms with van der Waals surface area (Å²) in [4.78, 5) is 0. The molecule has 1 aromatic rings. The predicted octanol–water partition coefficient (Wildman–Crippen LogP) is 3.62. The molecule has 0 N–H and O–H groups in total. The van der Waals surface area contributed by atoms with Crippen molar-refractivity contribution in [3.63, 3.8) is 0 Å². The lowest BCUT2D eigenvalue weighted by Gasteiger charge is -2.41. The van der Waals surface area contributed by atoms with Crippen molar-refractivity contribution in [1.82, 2.24) is 0 Å². The summed E-state index contributed by atoms with van der Waals surface area (Å²) < 4.78 is 1.18. The number of hydrogen-bond donors (Lipinski definition) is 0. The van der Waals surface area contributed by atoms with E-state index in [0.29, 0.717) is 6.04 Å². The molecule has 0 aliphatic heterocycles. The summed E-state index contributed by atoms with van der Waals surface area (Å²) in [6.07, 6.45) is 0. The van der Waals surface area contributed by atoms with Crippen molar-refractivity contribution >= 4 is 0 Å². The maximum Gasteiger partial charge on any atom is 0.112 e. The van der Waals surface area contributed by atoms with E-state index in [4.69, 9.17) is 0 Å². The standard InChI is InChI=1S/C14H24N/c1-5-15(6-2,7-3)13(4)14-11-9-8-10-12-14/h8-13H,5-7H2,1-4H3/q+1. The van der Waals surface area contributed by atoms with Gasteiger partial charge in [-0.05, 0) is 27.7 Å². The molecule has 0 spiro atoms. The van der Waals surface area contributed by atoms with E-state index in [2.05, 4.69) is 58.0 Å². The maximum atomic E-state index is 2.35. The largest absolute Gasteiger partial charge is 0.318 e. The molecule has 15 heavy (non-hydrogen) atoms. The summed E-state index contributed by atoms with van der Waals surface area (Å²) in [5.41, 5.74) is 1.46. The molecule has 0 aromatic heterocycles. The van der Waals surface area contributed by atoms with E-state index in [-0.39, 0.29) is 0 Å². The Morgan fingerprint density at radius 3 is 1.80 bits per heavy atom. The molecule has 1 heteroatoms. The first-order valence-electron chi connectivity index (χ1n) is 6.10. The maximum absolute atomic E-state index is 2.35. The Bertz CT molecular complexity index is 266. The van der Waals surface area contributed by atoms with E-state index in [9.17, 15) is 0 Å². The van der Waals surface area contributed by atoms with Crippen molar-refractivity contribution < 1.29 is 4.48 Å². The summed E-state index contributed by atoms with van der Waals surface area (Å²) in [6, 6.07) is 11.5. The summed E-state index contributed by atoms with van der Waals surface area (Å²) in [5.74, 6) is 0. The topological polar surface area (TPSA) is 0 Å². The fourth-order valence-electron chi connectivity index (χ4n) is 2.54.